The Morgan fingerprint density at radius 2 is 2.25 bits per heavy atom. The van der Waals surface area contributed by atoms with E-state index >= 15 is 0 Å². The van der Waals surface area contributed by atoms with Crippen molar-refractivity contribution < 1.29 is 13.9 Å². The molecule has 0 saturated heterocycles. The van der Waals surface area contributed by atoms with Crippen molar-refractivity contribution in [2.45, 2.75) is 6.61 Å². The van der Waals surface area contributed by atoms with Crippen LogP contribution in [0.5, 0.6) is 0 Å². The highest BCUT2D eigenvalue weighted by atomic mass is 19.1. The molecule has 1 aromatic carbocycles. The number of esters is 1. The van der Waals surface area contributed by atoms with Crippen LogP contribution in [-0.4, -0.2) is 11.0 Å². The average Bonchev–Trinajstić information content (AvgIpc) is 2.60. The molecule has 1 aromatic heterocycles. The Morgan fingerprint density at radius 1 is 1.44 bits per heavy atom. The number of carbonyl (C=O) groups is 1. The fourth-order valence-corrected chi connectivity index (χ4v) is 1.89. The number of ether oxygens (including phenoxy) is 1. The fourth-order valence-electron chi connectivity index (χ4n) is 1.89. The van der Waals surface area contributed by atoms with Crippen molar-refractivity contribution in [3.63, 3.8) is 0 Å². The van der Waals surface area contributed by atoms with Crippen LogP contribution < -0.4 is 5.73 Å². The predicted octanol–water partition coefficient (Wildman–Crippen LogP) is 1.63. The number of benzene rings is 1. The molecule has 0 amide bonds. The van der Waals surface area contributed by atoms with Crippen molar-refractivity contribution in [1.82, 2.24) is 4.98 Å². The normalized spacial score (nSPS) is 13.9. The van der Waals surface area contributed by atoms with Gasteiger partial charge in [-0.25, -0.2) is 14.2 Å². The van der Waals surface area contributed by atoms with E-state index in [0.717, 1.165) is 0 Å². The summed E-state index contributed by atoms with van der Waals surface area (Å²) in [6.07, 6.45) is 0. The van der Waals surface area contributed by atoms with Gasteiger partial charge in [0, 0.05) is 0 Å². The molecule has 0 unspecified atom stereocenters. The van der Waals surface area contributed by atoms with Crippen LogP contribution in [0.3, 0.4) is 0 Å². The molecule has 2 heterocycles. The van der Waals surface area contributed by atoms with Crippen molar-refractivity contribution in [2.24, 2.45) is 0 Å². The smallest absolute Gasteiger partial charge is 0.342 e. The number of rotatable bonds is 0. The highest BCUT2D eigenvalue weighted by molar-refractivity contribution is 6.06. The lowest BCUT2D eigenvalue weighted by atomic mass is 10.1. The summed E-state index contributed by atoms with van der Waals surface area (Å²) in [6, 6.07) is 4.49. The lowest BCUT2D eigenvalue weighted by molar-refractivity contribution is 0.0534. The predicted molar refractivity (Wildman–Crippen MR) is 55.2 cm³/mol. The number of fused-ring (bicyclic) bond motifs is 2. The molecule has 5 heteroatoms. The van der Waals surface area contributed by atoms with E-state index < -0.39 is 11.8 Å². The van der Waals surface area contributed by atoms with Crippen molar-refractivity contribution in [1.29, 1.82) is 0 Å². The van der Waals surface area contributed by atoms with Gasteiger partial charge in [-0.05, 0) is 12.1 Å². The van der Waals surface area contributed by atoms with Gasteiger partial charge < -0.3 is 10.5 Å². The zero-order chi connectivity index (χ0) is 11.3. The number of cyclic esters (lactones) is 1. The molecule has 4 nitrogen and oxygen atoms in total. The molecule has 2 N–H and O–H groups in total. The largest absolute Gasteiger partial charge is 0.455 e. The van der Waals surface area contributed by atoms with Crippen LogP contribution in [0.25, 0.3) is 10.9 Å². The summed E-state index contributed by atoms with van der Waals surface area (Å²) in [6.45, 7) is 0.102. The molecule has 0 bridgehead atoms. The second-order valence-corrected chi connectivity index (χ2v) is 3.56. The highest BCUT2D eigenvalue weighted by Gasteiger charge is 2.27. The lowest BCUT2D eigenvalue weighted by Crippen LogP contribution is -2.03. The Labute approximate surface area is 89.8 Å². The van der Waals surface area contributed by atoms with E-state index in [1.54, 1.807) is 12.1 Å². The second kappa shape index (κ2) is 2.91. The first-order valence-electron chi connectivity index (χ1n) is 4.72. The van der Waals surface area contributed by atoms with Gasteiger partial charge in [-0.15, -0.1) is 0 Å². The van der Waals surface area contributed by atoms with Crippen LogP contribution in [0.4, 0.5) is 10.1 Å². The standard InChI is InChI=1S/C11H7FN2O2/c12-5-2-1-3-6-8(5)10(13)9-7(14-6)4-16-11(9)15/h1-3H,4H2,(H2,13,14). The maximum absolute atomic E-state index is 13.6. The number of aromatic nitrogens is 1. The van der Waals surface area contributed by atoms with Gasteiger partial charge in [-0.3, -0.25) is 0 Å². The summed E-state index contributed by atoms with van der Waals surface area (Å²) < 4.78 is 18.4. The molecular weight excluding hydrogens is 211 g/mol. The van der Waals surface area contributed by atoms with Gasteiger partial charge >= 0.3 is 5.97 Å². The maximum Gasteiger partial charge on any atom is 0.342 e. The number of pyridine rings is 1. The molecule has 16 heavy (non-hydrogen) atoms. The van der Waals surface area contributed by atoms with E-state index in [2.05, 4.69) is 4.98 Å². The first kappa shape index (κ1) is 9.08. The number of hydrogen-bond donors (Lipinski definition) is 1. The second-order valence-electron chi connectivity index (χ2n) is 3.56. The summed E-state index contributed by atoms with van der Waals surface area (Å²) in [7, 11) is 0. The maximum atomic E-state index is 13.6. The Bertz CT molecular complexity index is 625. The molecule has 80 valence electrons. The van der Waals surface area contributed by atoms with Gasteiger partial charge in [0.2, 0.25) is 0 Å². The number of nitrogen functional groups attached to an aromatic ring is 1. The van der Waals surface area contributed by atoms with E-state index in [-0.39, 0.29) is 23.2 Å². The van der Waals surface area contributed by atoms with E-state index in [0.29, 0.717) is 11.2 Å². The quantitative estimate of drug-likeness (QED) is 0.682. The zero-order valence-corrected chi connectivity index (χ0v) is 8.16. The molecule has 0 aliphatic carbocycles. The summed E-state index contributed by atoms with van der Waals surface area (Å²) in [5.41, 5.74) is 7.00. The van der Waals surface area contributed by atoms with Crippen molar-refractivity contribution >= 4 is 22.6 Å². The average molecular weight is 218 g/mol. The topological polar surface area (TPSA) is 65.2 Å². The minimum atomic E-state index is -0.537. The van der Waals surface area contributed by atoms with Gasteiger partial charge in [0.15, 0.2) is 0 Å². The molecule has 0 fully saturated rings. The fraction of sp³-hybridized carbons (Fsp3) is 0.0909. The highest BCUT2D eigenvalue weighted by Crippen LogP contribution is 2.31. The van der Waals surface area contributed by atoms with Gasteiger partial charge in [-0.1, -0.05) is 6.07 Å². The third-order valence-electron chi connectivity index (χ3n) is 2.62. The number of nitrogens with two attached hydrogens (primary N) is 1. The van der Waals surface area contributed by atoms with Crippen LogP contribution in [0, 0.1) is 5.82 Å². The third kappa shape index (κ3) is 1.02. The van der Waals surface area contributed by atoms with Crippen molar-refractivity contribution in [2.75, 3.05) is 5.73 Å². The number of anilines is 1. The van der Waals surface area contributed by atoms with Crippen LogP contribution in [0.1, 0.15) is 16.1 Å². The number of hydrogen-bond acceptors (Lipinski definition) is 4. The Balaban J connectivity index is 2.49. The van der Waals surface area contributed by atoms with Crippen molar-refractivity contribution in [3.8, 4) is 0 Å². The van der Waals surface area contributed by atoms with Crippen molar-refractivity contribution in [3.05, 3.63) is 35.3 Å². The molecule has 0 atom stereocenters. The monoisotopic (exact) mass is 218 g/mol. The van der Waals surface area contributed by atoms with Gasteiger partial charge in [0.25, 0.3) is 0 Å². The minimum absolute atomic E-state index is 0.102. The summed E-state index contributed by atoms with van der Waals surface area (Å²) in [5, 5.41) is 0.181. The minimum Gasteiger partial charge on any atom is -0.455 e. The molecule has 3 rings (SSSR count). The van der Waals surface area contributed by atoms with Gasteiger partial charge in [-0.2, -0.15) is 0 Å². The SMILES string of the molecule is Nc1c2c(nc3cccc(F)c13)COC2=O. The summed E-state index contributed by atoms with van der Waals surface area (Å²) >= 11 is 0. The lowest BCUT2D eigenvalue weighted by Gasteiger charge is -2.05. The van der Waals surface area contributed by atoms with Crippen LogP contribution in [-0.2, 0) is 11.3 Å². The van der Waals surface area contributed by atoms with Gasteiger partial charge in [0.1, 0.15) is 18.0 Å². The van der Waals surface area contributed by atoms with Crippen LogP contribution in [0.15, 0.2) is 18.2 Å². The molecule has 2 aromatic rings. The molecular formula is C11H7FN2O2. The van der Waals surface area contributed by atoms with Crippen LogP contribution >= 0.6 is 0 Å². The van der Waals surface area contributed by atoms with E-state index in [9.17, 15) is 9.18 Å². The first-order chi connectivity index (χ1) is 7.68. The molecule has 0 saturated carbocycles. The van der Waals surface area contributed by atoms with E-state index in [1.165, 1.54) is 6.07 Å². The Hall–Kier alpha value is -2.17. The first-order valence-corrected chi connectivity index (χ1v) is 4.72. The molecule has 1 aliphatic rings. The summed E-state index contributed by atoms with van der Waals surface area (Å²) in [4.78, 5) is 15.5. The molecule has 0 spiro atoms. The number of nitrogens with zero attached hydrogens (tertiary/aromatic N) is 1. The van der Waals surface area contributed by atoms with E-state index in [1.807, 2.05) is 0 Å². The Kier molecular flexibility index (Phi) is 1.65. The van der Waals surface area contributed by atoms with E-state index in [4.69, 9.17) is 10.5 Å². The van der Waals surface area contributed by atoms with Crippen LogP contribution in [0.2, 0.25) is 0 Å². The summed E-state index contributed by atoms with van der Waals surface area (Å²) in [5.74, 6) is -1.02. The zero-order valence-electron chi connectivity index (χ0n) is 8.16. The number of halogens is 1. The molecule has 0 radical (unpaired) electrons. The number of carbonyl (C=O) groups excluding carboxylic acids is 1. The third-order valence-corrected chi connectivity index (χ3v) is 2.62. The van der Waals surface area contributed by atoms with Gasteiger partial charge in [0.05, 0.1) is 22.3 Å². The molecule has 1 aliphatic heterocycles. The Morgan fingerprint density at radius 3 is 3.06 bits per heavy atom.